The van der Waals surface area contributed by atoms with E-state index in [1.54, 1.807) is 0 Å². The van der Waals surface area contributed by atoms with E-state index in [-0.39, 0.29) is 11.9 Å². The van der Waals surface area contributed by atoms with Crippen LogP contribution < -0.4 is 11.1 Å². The lowest BCUT2D eigenvalue weighted by molar-refractivity contribution is -0.123. The molecule has 0 saturated carbocycles. The van der Waals surface area contributed by atoms with Crippen molar-refractivity contribution in [3.05, 3.63) is 0 Å². The largest absolute Gasteiger partial charge is 0.353 e. The van der Waals surface area contributed by atoms with Gasteiger partial charge in [0.1, 0.15) is 0 Å². The molecule has 0 aliphatic carbocycles. The number of amides is 1. The number of nitrogens with zero attached hydrogens (tertiary/aromatic N) is 1. The molecule has 0 aromatic carbocycles. The summed E-state index contributed by atoms with van der Waals surface area (Å²) in [7, 11) is 0. The third kappa shape index (κ3) is 7.28. The fourth-order valence-electron chi connectivity index (χ4n) is 3.16. The van der Waals surface area contributed by atoms with Crippen LogP contribution in [0.15, 0.2) is 0 Å². The van der Waals surface area contributed by atoms with Gasteiger partial charge in [0.15, 0.2) is 0 Å². The van der Waals surface area contributed by atoms with Gasteiger partial charge in [0.2, 0.25) is 5.91 Å². The first kappa shape index (κ1) is 18.4. The van der Waals surface area contributed by atoms with Crippen molar-refractivity contribution in [2.45, 2.75) is 71.9 Å². The van der Waals surface area contributed by atoms with E-state index in [2.05, 4.69) is 37.9 Å². The summed E-state index contributed by atoms with van der Waals surface area (Å²) >= 11 is 0. The summed E-state index contributed by atoms with van der Waals surface area (Å²) in [4.78, 5) is 14.4. The molecule has 0 radical (unpaired) electrons. The maximum Gasteiger partial charge on any atom is 0.234 e. The lowest BCUT2D eigenvalue weighted by atomic mass is 9.92. The topological polar surface area (TPSA) is 58.4 Å². The summed E-state index contributed by atoms with van der Waals surface area (Å²) < 4.78 is 0. The highest BCUT2D eigenvalue weighted by atomic mass is 16.2. The Morgan fingerprint density at radius 1 is 1.33 bits per heavy atom. The highest BCUT2D eigenvalue weighted by Gasteiger charge is 2.26. The van der Waals surface area contributed by atoms with Crippen LogP contribution >= 0.6 is 0 Å². The third-order valence-corrected chi connectivity index (χ3v) is 4.54. The zero-order valence-electron chi connectivity index (χ0n) is 14.4. The van der Waals surface area contributed by atoms with E-state index in [0.29, 0.717) is 19.1 Å². The quantitative estimate of drug-likeness (QED) is 0.723. The zero-order chi connectivity index (χ0) is 15.8. The van der Waals surface area contributed by atoms with Crippen molar-refractivity contribution in [3.63, 3.8) is 0 Å². The Labute approximate surface area is 130 Å². The van der Waals surface area contributed by atoms with Gasteiger partial charge < -0.3 is 11.1 Å². The van der Waals surface area contributed by atoms with Gasteiger partial charge in [-0.05, 0) is 44.6 Å². The van der Waals surface area contributed by atoms with Crippen LogP contribution in [0.1, 0.15) is 59.8 Å². The smallest absolute Gasteiger partial charge is 0.234 e. The molecule has 4 nitrogen and oxygen atoms in total. The molecular weight excluding hydrogens is 262 g/mol. The molecule has 1 fully saturated rings. The van der Waals surface area contributed by atoms with E-state index < -0.39 is 0 Å². The van der Waals surface area contributed by atoms with Gasteiger partial charge >= 0.3 is 0 Å². The molecule has 124 valence electrons. The highest BCUT2D eigenvalue weighted by molar-refractivity contribution is 5.78. The third-order valence-electron chi connectivity index (χ3n) is 4.54. The van der Waals surface area contributed by atoms with Crippen LogP contribution in [-0.2, 0) is 4.79 Å². The highest BCUT2D eigenvalue weighted by Crippen LogP contribution is 2.21. The van der Waals surface area contributed by atoms with Crippen molar-refractivity contribution in [2.75, 3.05) is 19.6 Å². The van der Waals surface area contributed by atoms with Crippen molar-refractivity contribution in [1.29, 1.82) is 0 Å². The maximum atomic E-state index is 12.2. The summed E-state index contributed by atoms with van der Waals surface area (Å²) in [5.41, 5.74) is 5.85. The summed E-state index contributed by atoms with van der Waals surface area (Å²) in [6.45, 7) is 11.0. The minimum absolute atomic E-state index is 0.153. The normalized spacial score (nSPS) is 25.0. The van der Waals surface area contributed by atoms with Crippen molar-refractivity contribution in [2.24, 2.45) is 17.6 Å². The number of carbonyl (C=O) groups is 1. The van der Waals surface area contributed by atoms with Gasteiger partial charge in [0.25, 0.3) is 0 Å². The van der Waals surface area contributed by atoms with Crippen LogP contribution in [-0.4, -0.2) is 42.5 Å². The Kier molecular flexibility index (Phi) is 8.27. The maximum absolute atomic E-state index is 12.2. The Hall–Kier alpha value is -0.610. The number of likely N-dealkylation sites (tertiary alicyclic amines) is 1. The molecular formula is C17H35N3O. The molecule has 1 rings (SSSR count). The molecule has 3 N–H and O–H groups in total. The molecule has 3 unspecified atom stereocenters. The number of hydrogen-bond donors (Lipinski definition) is 2. The second kappa shape index (κ2) is 9.42. The van der Waals surface area contributed by atoms with Crippen LogP contribution in [0.2, 0.25) is 0 Å². The van der Waals surface area contributed by atoms with E-state index in [9.17, 15) is 4.79 Å². The van der Waals surface area contributed by atoms with Crippen LogP contribution in [0.4, 0.5) is 0 Å². The predicted octanol–water partition coefficient (Wildman–Crippen LogP) is 2.38. The first-order valence-electron chi connectivity index (χ1n) is 8.65. The van der Waals surface area contributed by atoms with Crippen LogP contribution in [0.5, 0.6) is 0 Å². The zero-order valence-corrected chi connectivity index (χ0v) is 14.4. The summed E-state index contributed by atoms with van der Waals surface area (Å²) in [6.07, 6.45) is 5.79. The van der Waals surface area contributed by atoms with Crippen molar-refractivity contribution >= 4 is 5.91 Å². The van der Waals surface area contributed by atoms with Gasteiger partial charge in [-0.15, -0.1) is 0 Å². The average Bonchev–Trinajstić information content (AvgIpc) is 2.40. The first-order valence-corrected chi connectivity index (χ1v) is 8.65. The molecule has 0 spiro atoms. The van der Waals surface area contributed by atoms with Crippen molar-refractivity contribution in [3.8, 4) is 0 Å². The van der Waals surface area contributed by atoms with E-state index in [1.165, 1.54) is 19.3 Å². The Morgan fingerprint density at radius 3 is 2.67 bits per heavy atom. The minimum atomic E-state index is 0.153. The monoisotopic (exact) mass is 297 g/mol. The van der Waals surface area contributed by atoms with E-state index >= 15 is 0 Å². The van der Waals surface area contributed by atoms with Gasteiger partial charge in [-0.1, -0.05) is 33.6 Å². The Balaban J connectivity index is 2.28. The molecule has 1 amide bonds. The predicted molar refractivity (Wildman–Crippen MR) is 89.1 cm³/mol. The minimum Gasteiger partial charge on any atom is -0.353 e. The molecule has 1 aliphatic heterocycles. The van der Waals surface area contributed by atoms with Crippen molar-refractivity contribution in [1.82, 2.24) is 10.2 Å². The van der Waals surface area contributed by atoms with E-state index in [1.807, 2.05) is 0 Å². The van der Waals surface area contributed by atoms with Gasteiger partial charge in [0, 0.05) is 18.6 Å². The van der Waals surface area contributed by atoms with E-state index in [0.717, 1.165) is 31.2 Å². The van der Waals surface area contributed by atoms with Gasteiger partial charge in [-0.2, -0.15) is 0 Å². The molecule has 0 aromatic rings. The van der Waals surface area contributed by atoms with Crippen molar-refractivity contribution < 1.29 is 4.79 Å². The molecule has 4 heteroatoms. The summed E-state index contributed by atoms with van der Waals surface area (Å²) in [6, 6.07) is 0.645. The fourth-order valence-corrected chi connectivity index (χ4v) is 3.16. The number of nitrogens with two attached hydrogens (primary N) is 1. The number of rotatable bonds is 8. The molecule has 3 atom stereocenters. The molecule has 0 aromatic heterocycles. The molecule has 1 heterocycles. The van der Waals surface area contributed by atoms with Crippen LogP contribution in [0.25, 0.3) is 0 Å². The molecule has 1 aliphatic rings. The van der Waals surface area contributed by atoms with Gasteiger partial charge in [-0.25, -0.2) is 0 Å². The Morgan fingerprint density at radius 2 is 2.05 bits per heavy atom. The van der Waals surface area contributed by atoms with Crippen LogP contribution in [0.3, 0.4) is 0 Å². The molecule has 21 heavy (non-hydrogen) atoms. The molecule has 0 bridgehead atoms. The van der Waals surface area contributed by atoms with E-state index in [4.69, 9.17) is 5.73 Å². The second-order valence-corrected chi connectivity index (χ2v) is 7.28. The van der Waals surface area contributed by atoms with Gasteiger partial charge in [-0.3, -0.25) is 9.69 Å². The number of carbonyl (C=O) groups excluding carboxylic acids is 1. The number of piperidine rings is 1. The lowest BCUT2D eigenvalue weighted by Crippen LogP contribution is -2.51. The lowest BCUT2D eigenvalue weighted by Gasteiger charge is -2.37. The summed E-state index contributed by atoms with van der Waals surface area (Å²) in [5.74, 6) is 1.63. The SMILES string of the molecule is CC(C)CCCC(C)NC(=O)CN1CCC(C)CC1CN. The first-order chi connectivity index (χ1) is 9.92. The average molecular weight is 297 g/mol. The second-order valence-electron chi connectivity index (χ2n) is 7.28. The molecule has 1 saturated heterocycles. The fraction of sp³-hybridized carbons (Fsp3) is 0.941. The van der Waals surface area contributed by atoms with Crippen LogP contribution in [0, 0.1) is 11.8 Å². The number of hydrogen-bond acceptors (Lipinski definition) is 3. The van der Waals surface area contributed by atoms with Gasteiger partial charge in [0.05, 0.1) is 6.54 Å². The summed E-state index contributed by atoms with van der Waals surface area (Å²) in [5, 5.41) is 3.14. The standard InChI is InChI=1S/C17H35N3O/c1-13(2)6-5-7-15(4)19-17(21)12-20-9-8-14(3)10-16(20)11-18/h13-16H,5-12,18H2,1-4H3,(H,19,21). The number of nitrogens with one attached hydrogen (secondary N) is 1. The Bertz CT molecular complexity index is 306.